The van der Waals surface area contributed by atoms with Gasteiger partial charge in [-0.15, -0.1) is 0 Å². The van der Waals surface area contributed by atoms with Gasteiger partial charge < -0.3 is 25.3 Å². The highest BCUT2D eigenvalue weighted by Crippen LogP contribution is 2.41. The predicted molar refractivity (Wildman–Crippen MR) is 155 cm³/mol. The molecule has 6 N–H and O–H groups in total. The Labute approximate surface area is 239 Å². The van der Waals surface area contributed by atoms with Crippen LogP contribution in [-0.4, -0.2) is 56.1 Å². The van der Waals surface area contributed by atoms with Crippen LogP contribution in [0.3, 0.4) is 0 Å². The summed E-state index contributed by atoms with van der Waals surface area (Å²) in [5.74, 6) is -0.796. The van der Waals surface area contributed by atoms with Crippen molar-refractivity contribution in [2.75, 3.05) is 27.9 Å². The molecule has 2 unspecified atom stereocenters. The molecule has 2 aromatic carbocycles. The number of hydrogen-bond donors (Lipinski definition) is 6. The number of nitrogens with one attached hydrogen (secondary N) is 6. The van der Waals surface area contributed by atoms with Crippen LogP contribution in [0, 0.1) is 0 Å². The fourth-order valence-electron chi connectivity index (χ4n) is 5.11. The molecule has 0 fully saturated rings. The first-order chi connectivity index (χ1) is 19.9. The van der Waals surface area contributed by atoms with Gasteiger partial charge in [-0.25, -0.2) is 9.97 Å². The Morgan fingerprint density at radius 2 is 1.45 bits per heavy atom. The van der Waals surface area contributed by atoms with Gasteiger partial charge in [0.1, 0.15) is 0 Å². The molecular formula is C28H30N8O6. The van der Waals surface area contributed by atoms with Crippen LogP contribution in [0.5, 0.6) is 0 Å². The van der Waals surface area contributed by atoms with Crippen LogP contribution in [0.15, 0.2) is 24.3 Å². The second-order valence-corrected chi connectivity index (χ2v) is 10.2. The first-order valence-electron chi connectivity index (χ1n) is 13.4. The van der Waals surface area contributed by atoms with E-state index >= 15 is 0 Å². The van der Waals surface area contributed by atoms with E-state index in [1.165, 1.54) is 20.8 Å². The van der Waals surface area contributed by atoms with E-state index in [1.54, 1.807) is 19.1 Å². The van der Waals surface area contributed by atoms with Gasteiger partial charge in [0.05, 0.1) is 34.6 Å². The van der Waals surface area contributed by atoms with E-state index in [2.05, 4.69) is 41.2 Å². The number of hydrogen-bond acceptors (Lipinski definition) is 8. The van der Waals surface area contributed by atoms with Crippen molar-refractivity contribution in [1.82, 2.24) is 19.9 Å². The number of anilines is 4. The van der Waals surface area contributed by atoms with Crippen molar-refractivity contribution in [2.24, 2.45) is 0 Å². The predicted octanol–water partition coefficient (Wildman–Crippen LogP) is 3.26. The molecule has 42 heavy (non-hydrogen) atoms. The molecule has 14 nitrogen and oxygen atoms in total. The van der Waals surface area contributed by atoms with E-state index in [0.717, 1.165) is 28.7 Å². The van der Waals surface area contributed by atoms with Gasteiger partial charge in [0.15, 0.2) is 5.41 Å². The van der Waals surface area contributed by atoms with E-state index in [-0.39, 0.29) is 30.2 Å². The lowest BCUT2D eigenvalue weighted by Gasteiger charge is -2.19. The van der Waals surface area contributed by atoms with E-state index in [4.69, 9.17) is 4.74 Å². The van der Waals surface area contributed by atoms with Gasteiger partial charge in [-0.05, 0) is 50.1 Å². The number of ether oxygens (including phenoxy) is 1. The first-order valence-corrected chi connectivity index (χ1v) is 13.4. The highest BCUT2D eigenvalue weighted by Gasteiger charge is 2.50. The summed E-state index contributed by atoms with van der Waals surface area (Å²) in [7, 11) is 0. The number of carbonyl (C=O) groups excluding carboxylic acids is 5. The summed E-state index contributed by atoms with van der Waals surface area (Å²) in [5, 5.41) is 10.7. The fourth-order valence-corrected chi connectivity index (χ4v) is 5.11. The maximum absolute atomic E-state index is 12.3. The van der Waals surface area contributed by atoms with Crippen LogP contribution in [0.25, 0.3) is 22.1 Å². The van der Waals surface area contributed by atoms with Gasteiger partial charge in [0.2, 0.25) is 35.5 Å². The third-order valence-electron chi connectivity index (χ3n) is 7.15. The van der Waals surface area contributed by atoms with Crippen molar-refractivity contribution in [2.45, 2.75) is 52.4 Å². The maximum atomic E-state index is 12.3. The number of aromatic nitrogens is 4. The standard InChI is InChI=1S/C15H16N4O4.C13H14N4O2/c1-4-23-13(22)15(3)8-5-10-11(6-9(8)17-12(15)21)19-14(18-10)16-7(2)20;1-3-7-8-4-10-11(5-9(8)15-12(7)19)17-13(16-10)14-6(2)18/h5-6H,4H2,1-3H3,(H,17,21)(H2,16,18,19,20);4-5,7H,3H2,1-2H3,(H,15,19)(H2,14,16,17,18). The van der Waals surface area contributed by atoms with Crippen LogP contribution in [-0.2, 0) is 34.1 Å². The van der Waals surface area contributed by atoms with Crippen molar-refractivity contribution >= 4 is 74.9 Å². The number of carbonyl (C=O) groups is 5. The Hall–Kier alpha value is -5.27. The van der Waals surface area contributed by atoms with Gasteiger partial charge in [0, 0.05) is 30.8 Å². The lowest BCUT2D eigenvalue weighted by Crippen LogP contribution is -2.40. The highest BCUT2D eigenvalue weighted by molar-refractivity contribution is 6.20. The van der Waals surface area contributed by atoms with Crippen molar-refractivity contribution < 1.29 is 28.7 Å². The van der Waals surface area contributed by atoms with Crippen LogP contribution in [0.4, 0.5) is 23.3 Å². The summed E-state index contributed by atoms with van der Waals surface area (Å²) in [6.07, 6.45) is 0.761. The number of amides is 4. The molecule has 0 aliphatic carbocycles. The van der Waals surface area contributed by atoms with Crippen molar-refractivity contribution in [1.29, 1.82) is 0 Å². The molecule has 0 saturated heterocycles. The van der Waals surface area contributed by atoms with Crippen molar-refractivity contribution in [3.8, 4) is 0 Å². The topological polar surface area (TPSA) is 200 Å². The van der Waals surface area contributed by atoms with Crippen LogP contribution >= 0.6 is 0 Å². The van der Waals surface area contributed by atoms with Gasteiger partial charge >= 0.3 is 5.97 Å². The molecule has 4 aromatic rings. The molecule has 2 aliphatic heterocycles. The minimum absolute atomic E-state index is 0.0345. The maximum Gasteiger partial charge on any atom is 0.326 e. The molecule has 0 radical (unpaired) electrons. The summed E-state index contributed by atoms with van der Waals surface area (Å²) in [4.78, 5) is 72.9. The molecule has 2 aromatic heterocycles. The number of benzene rings is 2. The highest BCUT2D eigenvalue weighted by atomic mass is 16.5. The van der Waals surface area contributed by atoms with Gasteiger partial charge in [-0.2, -0.15) is 0 Å². The molecule has 2 atom stereocenters. The van der Waals surface area contributed by atoms with E-state index in [1.807, 2.05) is 19.1 Å². The van der Waals surface area contributed by atoms with E-state index in [0.29, 0.717) is 34.2 Å². The Balaban J connectivity index is 0.000000171. The number of rotatable bonds is 5. The molecular weight excluding hydrogens is 544 g/mol. The molecule has 4 heterocycles. The number of H-pyrrole nitrogens is 2. The molecule has 0 saturated carbocycles. The normalized spacial score (nSPS) is 18.5. The van der Waals surface area contributed by atoms with Crippen molar-refractivity contribution in [3.05, 3.63) is 35.4 Å². The second-order valence-electron chi connectivity index (χ2n) is 10.2. The Kier molecular flexibility index (Phi) is 7.14. The van der Waals surface area contributed by atoms with E-state index < -0.39 is 17.3 Å². The smallest absolute Gasteiger partial charge is 0.326 e. The van der Waals surface area contributed by atoms with Gasteiger partial charge in [0.25, 0.3) is 0 Å². The zero-order valence-electron chi connectivity index (χ0n) is 23.6. The summed E-state index contributed by atoms with van der Waals surface area (Å²) < 4.78 is 5.04. The SMILES string of the molecule is CCC1C(=O)Nc2cc3nc(NC(C)=O)[nH]c3cc21.CCOC(=O)C1(C)C(=O)Nc2cc3nc(NC(C)=O)[nH]c3cc21. The summed E-state index contributed by atoms with van der Waals surface area (Å²) in [6, 6.07) is 7.10. The van der Waals surface area contributed by atoms with Crippen molar-refractivity contribution in [3.63, 3.8) is 0 Å². The number of aromatic amines is 2. The number of nitrogens with zero attached hydrogens (tertiary/aromatic N) is 2. The van der Waals surface area contributed by atoms with Gasteiger partial charge in [-0.3, -0.25) is 34.6 Å². The molecule has 0 spiro atoms. The lowest BCUT2D eigenvalue weighted by molar-refractivity contribution is -0.152. The van der Waals surface area contributed by atoms with Crippen LogP contribution < -0.4 is 21.3 Å². The number of esters is 1. The molecule has 218 valence electrons. The molecule has 0 bridgehead atoms. The molecule has 4 amide bonds. The quantitative estimate of drug-likeness (QED) is 0.154. The lowest BCUT2D eigenvalue weighted by atomic mass is 9.83. The third-order valence-corrected chi connectivity index (χ3v) is 7.15. The summed E-state index contributed by atoms with van der Waals surface area (Å²) in [5.41, 5.74) is 4.14. The first kappa shape index (κ1) is 28.3. The minimum atomic E-state index is -1.40. The minimum Gasteiger partial charge on any atom is -0.465 e. The monoisotopic (exact) mass is 574 g/mol. The Morgan fingerprint density at radius 3 is 2.00 bits per heavy atom. The summed E-state index contributed by atoms with van der Waals surface area (Å²) >= 11 is 0. The van der Waals surface area contributed by atoms with Gasteiger partial charge in [-0.1, -0.05) is 6.92 Å². The zero-order valence-corrected chi connectivity index (χ0v) is 23.6. The fraction of sp³-hybridized carbons (Fsp3) is 0.321. The Morgan fingerprint density at radius 1 is 0.881 bits per heavy atom. The zero-order chi connectivity index (χ0) is 30.3. The summed E-state index contributed by atoms with van der Waals surface area (Å²) in [6.45, 7) is 8.21. The molecule has 2 aliphatic rings. The second kappa shape index (κ2) is 10.6. The molecule has 6 rings (SSSR count). The average molecular weight is 575 g/mol. The largest absolute Gasteiger partial charge is 0.465 e. The van der Waals surface area contributed by atoms with E-state index in [9.17, 15) is 24.0 Å². The average Bonchev–Trinajstić information content (AvgIpc) is 3.63. The van der Waals surface area contributed by atoms with Crippen LogP contribution in [0.2, 0.25) is 0 Å². The number of imidazole rings is 2. The van der Waals surface area contributed by atoms with Crippen LogP contribution in [0.1, 0.15) is 58.1 Å². The number of fused-ring (bicyclic) bond motifs is 4. The molecule has 14 heteroatoms. The Bertz CT molecular complexity index is 1790. The third kappa shape index (κ3) is 4.91.